The zero-order valence-corrected chi connectivity index (χ0v) is 19.5. The van der Waals surface area contributed by atoms with Crippen LogP contribution in [0.25, 0.3) is 17.3 Å². The highest BCUT2D eigenvalue weighted by Gasteiger charge is 2.30. The third-order valence-electron chi connectivity index (χ3n) is 4.55. The van der Waals surface area contributed by atoms with Gasteiger partial charge in [0, 0.05) is 12.5 Å². The van der Waals surface area contributed by atoms with Gasteiger partial charge in [-0.25, -0.2) is 9.79 Å². The molecule has 3 aromatic rings. The number of cyclic esters (lactones) is 1. The van der Waals surface area contributed by atoms with E-state index in [0.29, 0.717) is 37.7 Å². The Balaban J connectivity index is 1.73. The average Bonchev–Trinajstić information content (AvgIpc) is 3.32. The number of hydrogen-bond acceptors (Lipinski definition) is 8. The zero-order chi connectivity index (χ0) is 22.8. The van der Waals surface area contributed by atoms with Crippen LogP contribution in [0, 0.1) is 10.5 Å². The van der Waals surface area contributed by atoms with Gasteiger partial charge in [-0.1, -0.05) is 35.5 Å². The van der Waals surface area contributed by atoms with Crippen molar-refractivity contribution in [1.82, 2.24) is 5.16 Å². The minimum absolute atomic E-state index is 0.109. The van der Waals surface area contributed by atoms with Crippen LogP contribution in [0.4, 0.5) is 0 Å². The highest BCUT2D eigenvalue weighted by molar-refractivity contribution is 14.1. The minimum atomic E-state index is -0.599. The molecule has 2 aromatic carbocycles. The summed E-state index contributed by atoms with van der Waals surface area (Å²) in [6.45, 7) is 3.04. The van der Waals surface area contributed by atoms with Gasteiger partial charge in [0.15, 0.2) is 17.2 Å². The predicted molar refractivity (Wildman–Crippen MR) is 124 cm³/mol. The molecular formula is C23H17IN2O6. The molecule has 1 aliphatic rings. The largest absolute Gasteiger partial charge is 0.493 e. The zero-order valence-electron chi connectivity index (χ0n) is 17.3. The van der Waals surface area contributed by atoms with E-state index in [0.717, 1.165) is 5.56 Å². The van der Waals surface area contributed by atoms with Gasteiger partial charge in [-0.2, -0.15) is 0 Å². The number of ether oxygens (including phenoxy) is 3. The number of aliphatic imine (C=N–C) groups is 1. The maximum Gasteiger partial charge on any atom is 0.363 e. The van der Waals surface area contributed by atoms with Crippen LogP contribution in [0.15, 0.2) is 57.7 Å². The van der Waals surface area contributed by atoms with Gasteiger partial charge >= 0.3 is 11.9 Å². The lowest BCUT2D eigenvalue weighted by atomic mass is 10.1. The van der Waals surface area contributed by atoms with Crippen molar-refractivity contribution in [2.24, 2.45) is 4.99 Å². The molecule has 0 fully saturated rings. The van der Waals surface area contributed by atoms with Gasteiger partial charge in [0.05, 0.1) is 10.7 Å². The van der Waals surface area contributed by atoms with Gasteiger partial charge in [-0.3, -0.25) is 4.79 Å². The number of esters is 2. The molecular weight excluding hydrogens is 527 g/mol. The van der Waals surface area contributed by atoms with Gasteiger partial charge in [0.2, 0.25) is 5.90 Å². The SMILES string of the molecule is COc1cc(C=C2N=C(c3c(-c4ccccc4)noc3C)OC2=O)cc(I)c1OC(C)=O. The van der Waals surface area contributed by atoms with E-state index < -0.39 is 11.9 Å². The maximum absolute atomic E-state index is 12.5. The van der Waals surface area contributed by atoms with E-state index in [-0.39, 0.29) is 11.6 Å². The molecule has 0 N–H and O–H groups in total. The first-order valence-corrected chi connectivity index (χ1v) is 10.6. The van der Waals surface area contributed by atoms with Crippen molar-refractivity contribution in [2.45, 2.75) is 13.8 Å². The molecule has 8 nitrogen and oxygen atoms in total. The molecule has 0 saturated carbocycles. The molecule has 162 valence electrons. The highest BCUT2D eigenvalue weighted by atomic mass is 127. The summed E-state index contributed by atoms with van der Waals surface area (Å²) in [6, 6.07) is 12.8. The lowest BCUT2D eigenvalue weighted by molar-refractivity contribution is -0.132. The van der Waals surface area contributed by atoms with E-state index in [4.69, 9.17) is 18.7 Å². The van der Waals surface area contributed by atoms with Crippen molar-refractivity contribution in [3.63, 3.8) is 0 Å². The summed E-state index contributed by atoms with van der Waals surface area (Å²) >= 11 is 2.03. The number of halogens is 1. The number of hydrogen-bond donors (Lipinski definition) is 0. The van der Waals surface area contributed by atoms with Gasteiger partial charge in [-0.15, -0.1) is 0 Å². The second-order valence-corrected chi connectivity index (χ2v) is 7.95. The lowest BCUT2D eigenvalue weighted by Gasteiger charge is -2.11. The quantitative estimate of drug-likeness (QED) is 0.201. The molecule has 1 aliphatic heterocycles. The van der Waals surface area contributed by atoms with Crippen molar-refractivity contribution < 1.29 is 28.3 Å². The first-order valence-electron chi connectivity index (χ1n) is 9.48. The molecule has 9 heteroatoms. The van der Waals surface area contributed by atoms with Gasteiger partial charge in [0.25, 0.3) is 0 Å². The molecule has 32 heavy (non-hydrogen) atoms. The fourth-order valence-corrected chi connectivity index (χ4v) is 3.89. The Morgan fingerprint density at radius 3 is 2.62 bits per heavy atom. The van der Waals surface area contributed by atoms with E-state index in [1.165, 1.54) is 14.0 Å². The van der Waals surface area contributed by atoms with Crippen LogP contribution in [0.3, 0.4) is 0 Å². The van der Waals surface area contributed by atoms with Crippen molar-refractivity contribution in [3.8, 4) is 22.8 Å². The number of aromatic nitrogens is 1. The Hall–Kier alpha value is -3.47. The molecule has 4 rings (SSSR count). The summed E-state index contributed by atoms with van der Waals surface area (Å²) < 4.78 is 22.0. The highest BCUT2D eigenvalue weighted by Crippen LogP contribution is 2.35. The topological polar surface area (TPSA) is 100 Å². The molecule has 0 atom stereocenters. The minimum Gasteiger partial charge on any atom is -0.493 e. The van der Waals surface area contributed by atoms with Crippen molar-refractivity contribution in [1.29, 1.82) is 0 Å². The summed E-state index contributed by atoms with van der Waals surface area (Å²) in [5.41, 5.74) is 2.61. The van der Waals surface area contributed by atoms with Crippen LogP contribution in [0.1, 0.15) is 23.8 Å². The summed E-state index contributed by atoms with van der Waals surface area (Å²) in [7, 11) is 1.47. The smallest absolute Gasteiger partial charge is 0.363 e. The number of benzene rings is 2. The van der Waals surface area contributed by atoms with Gasteiger partial charge in [-0.05, 0) is 53.3 Å². The molecule has 0 unspecified atom stereocenters. The maximum atomic E-state index is 12.5. The molecule has 0 aliphatic carbocycles. The molecule has 0 amide bonds. The number of carbonyl (C=O) groups is 2. The summed E-state index contributed by atoms with van der Waals surface area (Å²) in [4.78, 5) is 28.3. The Morgan fingerprint density at radius 1 is 1.19 bits per heavy atom. The molecule has 0 bridgehead atoms. The van der Waals surface area contributed by atoms with E-state index >= 15 is 0 Å². The van der Waals surface area contributed by atoms with Crippen LogP contribution in [-0.4, -0.2) is 30.1 Å². The fourth-order valence-electron chi connectivity index (χ4n) is 3.16. The van der Waals surface area contributed by atoms with E-state index in [1.807, 2.05) is 52.9 Å². The van der Waals surface area contributed by atoms with Crippen molar-refractivity contribution in [2.75, 3.05) is 7.11 Å². The number of nitrogens with zero attached hydrogens (tertiary/aromatic N) is 2. The Morgan fingerprint density at radius 2 is 1.94 bits per heavy atom. The monoisotopic (exact) mass is 544 g/mol. The second kappa shape index (κ2) is 8.95. The van der Waals surface area contributed by atoms with Crippen LogP contribution in [-0.2, 0) is 14.3 Å². The molecule has 0 spiro atoms. The standard InChI is InChI=1S/C23H17IN2O6/c1-12-19(20(26-32-12)15-7-5-4-6-8-15)22-25-17(23(28)31-22)10-14-9-16(24)21(30-13(2)27)18(11-14)29-3/h4-11H,1-3H3. The lowest BCUT2D eigenvalue weighted by Crippen LogP contribution is -2.07. The third-order valence-corrected chi connectivity index (χ3v) is 5.35. The van der Waals surface area contributed by atoms with Crippen LogP contribution < -0.4 is 9.47 Å². The van der Waals surface area contributed by atoms with E-state index in [2.05, 4.69) is 10.1 Å². The molecule has 2 heterocycles. The molecule has 0 radical (unpaired) electrons. The molecule has 0 saturated heterocycles. The molecule has 1 aromatic heterocycles. The number of methoxy groups -OCH3 is 1. The average molecular weight is 544 g/mol. The number of rotatable bonds is 5. The first-order chi connectivity index (χ1) is 15.4. The van der Waals surface area contributed by atoms with Crippen molar-refractivity contribution in [3.05, 3.63) is 68.6 Å². The Kier molecular flexibility index (Phi) is 6.08. The van der Waals surface area contributed by atoms with E-state index in [9.17, 15) is 9.59 Å². The van der Waals surface area contributed by atoms with Crippen LogP contribution in [0.5, 0.6) is 11.5 Å². The fraction of sp³-hybridized carbons (Fsp3) is 0.130. The number of carbonyl (C=O) groups excluding carboxylic acids is 2. The van der Waals surface area contributed by atoms with Gasteiger partial charge in [0.1, 0.15) is 17.0 Å². The summed E-state index contributed by atoms with van der Waals surface area (Å²) in [5.74, 6) is 0.219. The predicted octanol–water partition coefficient (Wildman–Crippen LogP) is 4.53. The third kappa shape index (κ3) is 4.28. The Bertz CT molecular complexity index is 1280. The van der Waals surface area contributed by atoms with Crippen LogP contribution >= 0.6 is 22.6 Å². The first kappa shape index (κ1) is 21.8. The Labute approximate surface area is 197 Å². The van der Waals surface area contributed by atoms with Gasteiger partial charge < -0.3 is 18.7 Å². The summed E-state index contributed by atoms with van der Waals surface area (Å²) in [5, 5.41) is 4.11. The second-order valence-electron chi connectivity index (χ2n) is 6.79. The van der Waals surface area contributed by atoms with Crippen LogP contribution in [0.2, 0.25) is 0 Å². The summed E-state index contributed by atoms with van der Waals surface area (Å²) in [6.07, 6.45) is 1.57. The van der Waals surface area contributed by atoms with E-state index in [1.54, 1.807) is 25.1 Å². The number of aryl methyl sites for hydroxylation is 1. The van der Waals surface area contributed by atoms with Crippen molar-refractivity contribution >= 4 is 46.5 Å². The normalized spacial score (nSPS) is 14.3.